The van der Waals surface area contributed by atoms with Crippen molar-refractivity contribution < 1.29 is 4.84 Å². The first-order valence-corrected chi connectivity index (χ1v) is 6.36. The predicted molar refractivity (Wildman–Crippen MR) is 77.8 cm³/mol. The number of hydrogen-bond donors (Lipinski definition) is 0. The second-order valence-corrected chi connectivity index (χ2v) is 4.58. The van der Waals surface area contributed by atoms with Gasteiger partial charge in [0.2, 0.25) is 0 Å². The summed E-state index contributed by atoms with van der Waals surface area (Å²) >= 11 is 12.1. The van der Waals surface area contributed by atoms with E-state index in [0.717, 1.165) is 0 Å². The Morgan fingerprint density at radius 3 is 2.95 bits per heavy atom. The summed E-state index contributed by atoms with van der Waals surface area (Å²) in [5, 5.41) is 9.04. The van der Waals surface area contributed by atoms with Crippen molar-refractivity contribution in [2.75, 3.05) is 6.61 Å². The lowest BCUT2D eigenvalue weighted by atomic mass is 10.1. The molecule has 1 heterocycles. The molecular formula is C13H10Cl2N4O. The third-order valence-electron chi connectivity index (χ3n) is 2.34. The molecule has 0 aliphatic carbocycles. The number of terminal acetylenes is 1. The molecule has 0 unspecified atom stereocenters. The number of rotatable bonds is 5. The molecule has 0 spiro atoms. The maximum absolute atomic E-state index is 6.17. The maximum atomic E-state index is 6.17. The standard InChI is InChI=1S/C13H10Cl2N4O/c1-2-5-20-18-13(7-19-9-16-8-17-19)11-4-3-10(14)6-12(11)15/h1,3-4,6,8-9H,5,7H2. The highest BCUT2D eigenvalue weighted by Crippen LogP contribution is 2.22. The highest BCUT2D eigenvalue weighted by Gasteiger charge is 2.11. The quantitative estimate of drug-likeness (QED) is 0.369. The molecule has 0 amide bonds. The van der Waals surface area contributed by atoms with Crippen molar-refractivity contribution in [3.63, 3.8) is 0 Å². The van der Waals surface area contributed by atoms with Crippen molar-refractivity contribution in [3.8, 4) is 12.3 Å². The lowest BCUT2D eigenvalue weighted by Crippen LogP contribution is -2.13. The van der Waals surface area contributed by atoms with E-state index in [-0.39, 0.29) is 6.61 Å². The molecule has 2 aromatic rings. The van der Waals surface area contributed by atoms with Gasteiger partial charge in [-0.3, -0.25) is 0 Å². The Morgan fingerprint density at radius 2 is 2.30 bits per heavy atom. The summed E-state index contributed by atoms with van der Waals surface area (Å²) < 4.78 is 1.60. The van der Waals surface area contributed by atoms with Crippen LogP contribution in [0.4, 0.5) is 0 Å². The summed E-state index contributed by atoms with van der Waals surface area (Å²) in [4.78, 5) is 8.90. The van der Waals surface area contributed by atoms with Gasteiger partial charge in [-0.15, -0.1) is 6.42 Å². The third-order valence-corrected chi connectivity index (χ3v) is 2.89. The molecule has 0 bridgehead atoms. The zero-order valence-electron chi connectivity index (χ0n) is 10.3. The second kappa shape index (κ2) is 6.94. The zero-order chi connectivity index (χ0) is 14.4. The van der Waals surface area contributed by atoms with Crippen LogP contribution in [0.3, 0.4) is 0 Å². The highest BCUT2D eigenvalue weighted by molar-refractivity contribution is 6.37. The largest absolute Gasteiger partial charge is 0.382 e. The summed E-state index contributed by atoms with van der Waals surface area (Å²) in [5.41, 5.74) is 1.27. The van der Waals surface area contributed by atoms with Gasteiger partial charge in [0.1, 0.15) is 18.4 Å². The Hall–Kier alpha value is -2.03. The monoisotopic (exact) mass is 308 g/mol. The fraction of sp³-hybridized carbons (Fsp3) is 0.154. The molecule has 0 N–H and O–H groups in total. The molecule has 1 aromatic heterocycles. The molecule has 0 saturated carbocycles. The molecule has 0 saturated heterocycles. The topological polar surface area (TPSA) is 52.3 Å². The van der Waals surface area contributed by atoms with Gasteiger partial charge < -0.3 is 4.84 Å². The van der Waals surface area contributed by atoms with Crippen LogP contribution in [0, 0.1) is 12.3 Å². The van der Waals surface area contributed by atoms with Crippen LogP contribution in [0.15, 0.2) is 36.0 Å². The highest BCUT2D eigenvalue weighted by atomic mass is 35.5. The molecule has 5 nitrogen and oxygen atoms in total. The van der Waals surface area contributed by atoms with E-state index in [0.29, 0.717) is 27.9 Å². The molecule has 7 heteroatoms. The van der Waals surface area contributed by atoms with Crippen LogP contribution in [0.25, 0.3) is 0 Å². The summed E-state index contributed by atoms with van der Waals surface area (Å²) in [7, 11) is 0. The van der Waals surface area contributed by atoms with Crippen LogP contribution in [-0.4, -0.2) is 27.1 Å². The second-order valence-electron chi connectivity index (χ2n) is 3.73. The van der Waals surface area contributed by atoms with Gasteiger partial charge in [0, 0.05) is 10.6 Å². The molecule has 0 radical (unpaired) electrons. The average molecular weight is 309 g/mol. The van der Waals surface area contributed by atoms with E-state index >= 15 is 0 Å². The van der Waals surface area contributed by atoms with Crippen LogP contribution < -0.4 is 0 Å². The van der Waals surface area contributed by atoms with Crippen molar-refractivity contribution in [1.82, 2.24) is 14.8 Å². The SMILES string of the molecule is C#CCON=C(Cn1cncn1)c1ccc(Cl)cc1Cl. The normalized spacial score (nSPS) is 11.2. The van der Waals surface area contributed by atoms with Crippen LogP contribution >= 0.6 is 23.2 Å². The van der Waals surface area contributed by atoms with Gasteiger partial charge in [-0.25, -0.2) is 9.67 Å². The number of aromatic nitrogens is 3. The number of halogens is 2. The van der Waals surface area contributed by atoms with E-state index in [1.807, 2.05) is 0 Å². The van der Waals surface area contributed by atoms with E-state index in [1.54, 1.807) is 29.2 Å². The molecule has 0 atom stereocenters. The zero-order valence-corrected chi connectivity index (χ0v) is 11.8. The van der Waals surface area contributed by atoms with E-state index < -0.39 is 0 Å². The predicted octanol–water partition coefficient (Wildman–Crippen LogP) is 2.64. The van der Waals surface area contributed by atoms with Crippen molar-refractivity contribution >= 4 is 28.9 Å². The Balaban J connectivity index is 2.30. The Bertz CT molecular complexity index is 647. The molecule has 1 aromatic carbocycles. The Labute approximate surface area is 126 Å². The molecular weight excluding hydrogens is 299 g/mol. The lowest BCUT2D eigenvalue weighted by molar-refractivity contribution is 0.179. The van der Waals surface area contributed by atoms with E-state index in [4.69, 9.17) is 34.5 Å². The van der Waals surface area contributed by atoms with Gasteiger partial charge in [-0.1, -0.05) is 34.3 Å². The van der Waals surface area contributed by atoms with Crippen LogP contribution in [-0.2, 0) is 11.4 Å². The number of hydrogen-bond acceptors (Lipinski definition) is 4. The fourth-order valence-electron chi connectivity index (χ4n) is 1.50. The minimum atomic E-state index is 0.0755. The number of oxime groups is 1. The van der Waals surface area contributed by atoms with Crippen LogP contribution in [0.5, 0.6) is 0 Å². The maximum Gasteiger partial charge on any atom is 0.177 e. The summed E-state index contributed by atoms with van der Waals surface area (Å²) in [5.74, 6) is 2.34. The van der Waals surface area contributed by atoms with Gasteiger partial charge in [0.15, 0.2) is 6.61 Å². The molecule has 0 fully saturated rings. The van der Waals surface area contributed by atoms with E-state index in [2.05, 4.69) is 21.2 Å². The fourth-order valence-corrected chi connectivity index (χ4v) is 2.02. The van der Waals surface area contributed by atoms with Crippen molar-refractivity contribution in [2.45, 2.75) is 6.54 Å². The average Bonchev–Trinajstić information content (AvgIpc) is 2.91. The molecule has 20 heavy (non-hydrogen) atoms. The molecule has 102 valence electrons. The minimum absolute atomic E-state index is 0.0755. The van der Waals surface area contributed by atoms with Gasteiger partial charge in [-0.2, -0.15) is 5.10 Å². The van der Waals surface area contributed by atoms with Crippen LogP contribution in [0.2, 0.25) is 10.0 Å². The van der Waals surface area contributed by atoms with E-state index in [1.165, 1.54) is 6.33 Å². The van der Waals surface area contributed by atoms with Gasteiger partial charge in [-0.05, 0) is 18.2 Å². The number of nitrogens with zero attached hydrogens (tertiary/aromatic N) is 4. The van der Waals surface area contributed by atoms with Crippen molar-refractivity contribution in [2.24, 2.45) is 5.16 Å². The first-order chi connectivity index (χ1) is 9.70. The summed E-state index contributed by atoms with van der Waals surface area (Å²) in [6, 6.07) is 5.12. The van der Waals surface area contributed by atoms with Crippen molar-refractivity contribution in [3.05, 3.63) is 46.5 Å². The molecule has 0 aliphatic heterocycles. The summed E-state index contributed by atoms with van der Waals surface area (Å²) in [6.45, 7) is 0.429. The molecule has 2 rings (SSSR count). The van der Waals surface area contributed by atoms with Crippen molar-refractivity contribution in [1.29, 1.82) is 0 Å². The Morgan fingerprint density at radius 1 is 1.45 bits per heavy atom. The first-order valence-electron chi connectivity index (χ1n) is 5.61. The molecule has 0 aliphatic rings. The van der Waals surface area contributed by atoms with Crippen LogP contribution in [0.1, 0.15) is 5.56 Å². The first kappa shape index (κ1) is 14.4. The van der Waals surface area contributed by atoms with E-state index in [9.17, 15) is 0 Å². The lowest BCUT2D eigenvalue weighted by Gasteiger charge is -2.08. The van der Waals surface area contributed by atoms with Gasteiger partial charge in [0.25, 0.3) is 0 Å². The smallest absolute Gasteiger partial charge is 0.177 e. The summed E-state index contributed by atoms with van der Waals surface area (Å²) in [6.07, 6.45) is 8.13. The number of benzene rings is 1. The Kier molecular flexibility index (Phi) is 4.99. The van der Waals surface area contributed by atoms with Gasteiger partial charge in [0.05, 0.1) is 11.6 Å². The third kappa shape index (κ3) is 3.73. The van der Waals surface area contributed by atoms with Gasteiger partial charge >= 0.3 is 0 Å². The minimum Gasteiger partial charge on any atom is -0.382 e.